The standard InChI is InChI=1S/C25H27N3O3/c29-24(28-14-12-27(13-15-28)19-6-2-1-3-7-19)17-31-25(30)18-10-11-23-21(16-18)20-8-4-5-9-22(20)26-23/h1-3,6-7,10-11,16,26H,4-5,8-9,12-15,17H2. The number of hydrogen-bond acceptors (Lipinski definition) is 4. The van der Waals surface area contributed by atoms with Crippen molar-refractivity contribution in [3.05, 3.63) is 65.4 Å². The van der Waals surface area contributed by atoms with Crippen LogP contribution in [-0.4, -0.2) is 54.5 Å². The number of rotatable bonds is 4. The smallest absolute Gasteiger partial charge is 0.338 e. The fourth-order valence-corrected chi connectivity index (χ4v) is 4.69. The van der Waals surface area contributed by atoms with Gasteiger partial charge >= 0.3 is 5.97 Å². The Morgan fingerprint density at radius 1 is 0.935 bits per heavy atom. The Balaban J connectivity index is 1.17. The number of hydrogen-bond donors (Lipinski definition) is 1. The first-order chi connectivity index (χ1) is 15.2. The van der Waals surface area contributed by atoms with Crippen molar-refractivity contribution in [2.24, 2.45) is 0 Å². The molecule has 2 aromatic carbocycles. The molecule has 1 fully saturated rings. The van der Waals surface area contributed by atoms with E-state index in [0.717, 1.165) is 36.8 Å². The molecule has 6 heteroatoms. The number of para-hydroxylation sites is 1. The number of anilines is 1. The average Bonchev–Trinajstić information content (AvgIpc) is 3.21. The van der Waals surface area contributed by atoms with Gasteiger partial charge < -0.3 is 19.5 Å². The largest absolute Gasteiger partial charge is 0.452 e. The predicted octanol–water partition coefficient (Wildman–Crippen LogP) is 3.55. The zero-order valence-electron chi connectivity index (χ0n) is 17.6. The van der Waals surface area contributed by atoms with Crippen molar-refractivity contribution < 1.29 is 14.3 Å². The lowest BCUT2D eigenvalue weighted by Gasteiger charge is -2.36. The van der Waals surface area contributed by atoms with Crippen LogP contribution < -0.4 is 4.90 Å². The molecule has 1 aliphatic carbocycles. The number of aryl methyl sites for hydroxylation is 2. The van der Waals surface area contributed by atoms with E-state index in [1.807, 2.05) is 30.3 Å². The second-order valence-electron chi connectivity index (χ2n) is 8.33. The first-order valence-corrected chi connectivity index (χ1v) is 11.1. The fourth-order valence-electron chi connectivity index (χ4n) is 4.69. The Labute approximate surface area is 181 Å². The molecule has 1 amide bonds. The third kappa shape index (κ3) is 4.02. The summed E-state index contributed by atoms with van der Waals surface area (Å²) in [5.74, 6) is -0.579. The lowest BCUT2D eigenvalue weighted by Crippen LogP contribution is -2.49. The molecule has 1 saturated heterocycles. The van der Waals surface area contributed by atoms with Crippen LogP contribution in [0.4, 0.5) is 5.69 Å². The zero-order valence-corrected chi connectivity index (χ0v) is 17.6. The van der Waals surface area contributed by atoms with E-state index in [1.54, 1.807) is 11.0 Å². The molecule has 6 nitrogen and oxygen atoms in total. The van der Waals surface area contributed by atoms with Crippen LogP contribution in [-0.2, 0) is 22.4 Å². The number of nitrogens with zero attached hydrogens (tertiary/aromatic N) is 2. The van der Waals surface area contributed by atoms with E-state index in [1.165, 1.54) is 29.8 Å². The van der Waals surface area contributed by atoms with Crippen molar-refractivity contribution in [2.45, 2.75) is 25.7 Å². The summed E-state index contributed by atoms with van der Waals surface area (Å²) in [6.07, 6.45) is 4.49. The van der Waals surface area contributed by atoms with Crippen molar-refractivity contribution in [2.75, 3.05) is 37.7 Å². The Morgan fingerprint density at radius 3 is 2.52 bits per heavy atom. The summed E-state index contributed by atoms with van der Waals surface area (Å²) >= 11 is 0. The number of carbonyl (C=O) groups is 2. The van der Waals surface area contributed by atoms with Gasteiger partial charge in [0.15, 0.2) is 6.61 Å². The van der Waals surface area contributed by atoms with Gasteiger partial charge in [0.2, 0.25) is 0 Å². The molecule has 160 valence electrons. The van der Waals surface area contributed by atoms with Crippen LogP contribution in [0.5, 0.6) is 0 Å². The summed E-state index contributed by atoms with van der Waals surface area (Å²) in [6.45, 7) is 2.60. The summed E-state index contributed by atoms with van der Waals surface area (Å²) in [6, 6.07) is 15.8. The van der Waals surface area contributed by atoms with E-state index in [0.29, 0.717) is 18.7 Å². The molecule has 3 aromatic rings. The van der Waals surface area contributed by atoms with Crippen molar-refractivity contribution in [3.63, 3.8) is 0 Å². The number of H-pyrrole nitrogens is 1. The topological polar surface area (TPSA) is 65.6 Å². The molecule has 31 heavy (non-hydrogen) atoms. The molecule has 1 N–H and O–H groups in total. The molecule has 0 atom stereocenters. The minimum atomic E-state index is -0.441. The predicted molar refractivity (Wildman–Crippen MR) is 120 cm³/mol. The van der Waals surface area contributed by atoms with E-state index in [4.69, 9.17) is 4.74 Å². The van der Waals surface area contributed by atoms with E-state index in [-0.39, 0.29) is 12.5 Å². The van der Waals surface area contributed by atoms with Crippen molar-refractivity contribution in [1.82, 2.24) is 9.88 Å². The van der Waals surface area contributed by atoms with E-state index < -0.39 is 5.97 Å². The summed E-state index contributed by atoms with van der Waals surface area (Å²) in [7, 11) is 0. The number of ether oxygens (including phenoxy) is 1. The minimum Gasteiger partial charge on any atom is -0.452 e. The van der Waals surface area contributed by atoms with Gasteiger partial charge in [-0.25, -0.2) is 4.79 Å². The number of benzene rings is 2. The van der Waals surface area contributed by atoms with Crippen LogP contribution >= 0.6 is 0 Å². The molecule has 2 heterocycles. The second kappa shape index (κ2) is 8.46. The lowest BCUT2D eigenvalue weighted by molar-refractivity contribution is -0.134. The van der Waals surface area contributed by atoms with Crippen LogP contribution in [0.3, 0.4) is 0 Å². The van der Waals surface area contributed by atoms with E-state index in [2.05, 4.69) is 22.0 Å². The molecular formula is C25H27N3O3. The maximum atomic E-state index is 12.6. The fraction of sp³-hybridized carbons (Fsp3) is 0.360. The first-order valence-electron chi connectivity index (χ1n) is 11.1. The van der Waals surface area contributed by atoms with E-state index >= 15 is 0 Å². The van der Waals surface area contributed by atoms with Crippen LogP contribution in [0.1, 0.15) is 34.5 Å². The third-order valence-corrected chi connectivity index (χ3v) is 6.41. The number of amides is 1. The van der Waals surface area contributed by atoms with Crippen LogP contribution in [0.2, 0.25) is 0 Å². The highest BCUT2D eigenvalue weighted by Gasteiger charge is 2.23. The zero-order chi connectivity index (χ0) is 21.2. The molecule has 2 aliphatic rings. The van der Waals surface area contributed by atoms with Gasteiger partial charge in [-0.05, 0) is 61.6 Å². The molecule has 0 saturated carbocycles. The number of aromatic amines is 1. The van der Waals surface area contributed by atoms with Gasteiger partial charge in [0, 0.05) is 48.5 Å². The molecule has 0 spiro atoms. The van der Waals surface area contributed by atoms with Gasteiger partial charge in [-0.1, -0.05) is 18.2 Å². The molecule has 0 bridgehead atoms. The number of nitrogens with one attached hydrogen (secondary N) is 1. The van der Waals surface area contributed by atoms with Crippen LogP contribution in [0, 0.1) is 0 Å². The molecule has 1 aliphatic heterocycles. The third-order valence-electron chi connectivity index (χ3n) is 6.41. The Bertz CT molecular complexity index is 1100. The minimum absolute atomic E-state index is 0.138. The lowest BCUT2D eigenvalue weighted by atomic mass is 9.95. The number of piperazine rings is 1. The number of aromatic nitrogens is 1. The highest BCUT2D eigenvalue weighted by atomic mass is 16.5. The van der Waals surface area contributed by atoms with Gasteiger partial charge in [0.25, 0.3) is 5.91 Å². The second-order valence-corrected chi connectivity index (χ2v) is 8.33. The Kier molecular flexibility index (Phi) is 5.37. The van der Waals surface area contributed by atoms with Gasteiger partial charge in [0.1, 0.15) is 0 Å². The number of fused-ring (bicyclic) bond motifs is 3. The summed E-state index contributed by atoms with van der Waals surface area (Å²) in [5, 5.41) is 1.10. The Morgan fingerprint density at radius 2 is 1.71 bits per heavy atom. The van der Waals surface area contributed by atoms with Crippen molar-refractivity contribution in [1.29, 1.82) is 0 Å². The number of esters is 1. The quantitative estimate of drug-likeness (QED) is 0.660. The van der Waals surface area contributed by atoms with Gasteiger partial charge in [-0.2, -0.15) is 0 Å². The first kappa shape index (κ1) is 19.7. The number of carbonyl (C=O) groups excluding carboxylic acids is 2. The maximum absolute atomic E-state index is 12.6. The van der Waals surface area contributed by atoms with Gasteiger partial charge in [-0.15, -0.1) is 0 Å². The molecule has 5 rings (SSSR count). The highest BCUT2D eigenvalue weighted by molar-refractivity contribution is 5.97. The van der Waals surface area contributed by atoms with Gasteiger partial charge in [-0.3, -0.25) is 4.79 Å². The molecule has 0 radical (unpaired) electrons. The van der Waals surface area contributed by atoms with Gasteiger partial charge in [0.05, 0.1) is 5.56 Å². The summed E-state index contributed by atoms with van der Waals surface area (Å²) in [5.41, 5.74) is 5.35. The average molecular weight is 418 g/mol. The molecular weight excluding hydrogens is 390 g/mol. The SMILES string of the molecule is O=C(OCC(=O)N1CCN(c2ccccc2)CC1)c1ccc2[nH]c3c(c2c1)CCCC3. The Hall–Kier alpha value is -3.28. The highest BCUT2D eigenvalue weighted by Crippen LogP contribution is 2.29. The van der Waals surface area contributed by atoms with Crippen molar-refractivity contribution in [3.8, 4) is 0 Å². The molecule has 1 aromatic heterocycles. The summed E-state index contributed by atoms with van der Waals surface area (Å²) in [4.78, 5) is 32.7. The molecule has 0 unspecified atom stereocenters. The normalized spacial score (nSPS) is 16.3. The van der Waals surface area contributed by atoms with E-state index in [9.17, 15) is 9.59 Å². The monoisotopic (exact) mass is 417 g/mol. The summed E-state index contributed by atoms with van der Waals surface area (Å²) < 4.78 is 5.37. The van der Waals surface area contributed by atoms with Crippen molar-refractivity contribution >= 4 is 28.5 Å². The maximum Gasteiger partial charge on any atom is 0.338 e. The van der Waals surface area contributed by atoms with Crippen LogP contribution in [0.25, 0.3) is 10.9 Å². The van der Waals surface area contributed by atoms with Crippen LogP contribution in [0.15, 0.2) is 48.5 Å².